The van der Waals surface area contributed by atoms with E-state index in [1.54, 1.807) is 6.07 Å². The fraction of sp³-hybridized carbons (Fsp3) is 0.0909. The standard InChI is InChI=1S/C22H19FN2O2/c23-20-14-8-7-13-18(20)22(27)25-24-21(26)15-19(16-9-3-1-4-10-16)17-11-5-2-6-12-17/h1-14,19H,15H2,(H,24,26)(H,25,27). The molecule has 3 rings (SSSR count). The second-order valence-electron chi connectivity index (χ2n) is 6.06. The lowest BCUT2D eigenvalue weighted by Gasteiger charge is -2.18. The zero-order chi connectivity index (χ0) is 19.1. The molecule has 0 fully saturated rings. The Bertz CT molecular complexity index is 874. The number of carbonyl (C=O) groups excluding carboxylic acids is 2. The zero-order valence-corrected chi connectivity index (χ0v) is 14.6. The van der Waals surface area contributed by atoms with Crippen molar-refractivity contribution in [2.45, 2.75) is 12.3 Å². The molecule has 0 aliphatic heterocycles. The van der Waals surface area contributed by atoms with Crippen molar-refractivity contribution in [1.29, 1.82) is 0 Å². The Labute approximate surface area is 157 Å². The molecule has 0 heterocycles. The number of rotatable bonds is 5. The average molecular weight is 362 g/mol. The topological polar surface area (TPSA) is 58.2 Å². The van der Waals surface area contributed by atoms with Crippen LogP contribution < -0.4 is 10.9 Å². The lowest BCUT2D eigenvalue weighted by molar-refractivity contribution is -0.122. The molecule has 0 aliphatic rings. The van der Waals surface area contributed by atoms with Crippen LogP contribution in [-0.4, -0.2) is 11.8 Å². The second kappa shape index (κ2) is 8.76. The summed E-state index contributed by atoms with van der Waals surface area (Å²) in [5.41, 5.74) is 6.52. The first-order valence-electron chi connectivity index (χ1n) is 8.59. The molecule has 0 unspecified atom stereocenters. The molecule has 0 aromatic heterocycles. The van der Waals surface area contributed by atoms with Crippen LogP contribution in [0.4, 0.5) is 4.39 Å². The molecule has 27 heavy (non-hydrogen) atoms. The van der Waals surface area contributed by atoms with Crippen molar-refractivity contribution in [3.8, 4) is 0 Å². The Morgan fingerprint density at radius 3 is 1.81 bits per heavy atom. The first-order chi connectivity index (χ1) is 13.1. The van der Waals surface area contributed by atoms with Crippen LogP contribution in [0.1, 0.15) is 33.8 Å². The first-order valence-corrected chi connectivity index (χ1v) is 8.59. The summed E-state index contributed by atoms with van der Waals surface area (Å²) in [4.78, 5) is 24.4. The maximum absolute atomic E-state index is 13.6. The third-order valence-corrected chi connectivity index (χ3v) is 4.23. The molecular formula is C22H19FN2O2. The Balaban J connectivity index is 1.68. The molecule has 5 heteroatoms. The molecule has 0 saturated heterocycles. The molecule has 0 saturated carbocycles. The van der Waals surface area contributed by atoms with Crippen molar-refractivity contribution in [2.24, 2.45) is 0 Å². The van der Waals surface area contributed by atoms with Gasteiger partial charge in [-0.2, -0.15) is 0 Å². The van der Waals surface area contributed by atoms with Crippen LogP contribution >= 0.6 is 0 Å². The van der Waals surface area contributed by atoms with Crippen LogP contribution in [0.2, 0.25) is 0 Å². The highest BCUT2D eigenvalue weighted by atomic mass is 19.1. The van der Waals surface area contributed by atoms with Gasteiger partial charge in [0.15, 0.2) is 0 Å². The summed E-state index contributed by atoms with van der Waals surface area (Å²) in [5, 5.41) is 0. The van der Waals surface area contributed by atoms with Crippen molar-refractivity contribution in [2.75, 3.05) is 0 Å². The average Bonchev–Trinajstić information content (AvgIpc) is 2.72. The summed E-state index contributed by atoms with van der Waals surface area (Å²) >= 11 is 0. The zero-order valence-electron chi connectivity index (χ0n) is 14.6. The van der Waals surface area contributed by atoms with Crippen LogP contribution in [0.5, 0.6) is 0 Å². The highest BCUT2D eigenvalue weighted by Gasteiger charge is 2.19. The summed E-state index contributed by atoms with van der Waals surface area (Å²) < 4.78 is 13.6. The molecule has 2 N–H and O–H groups in total. The lowest BCUT2D eigenvalue weighted by atomic mass is 9.88. The third kappa shape index (κ3) is 4.79. The Morgan fingerprint density at radius 2 is 1.26 bits per heavy atom. The lowest BCUT2D eigenvalue weighted by Crippen LogP contribution is -2.42. The fourth-order valence-electron chi connectivity index (χ4n) is 2.87. The number of halogens is 1. The van der Waals surface area contributed by atoms with Crippen molar-refractivity contribution >= 4 is 11.8 Å². The van der Waals surface area contributed by atoms with E-state index in [0.29, 0.717) is 0 Å². The third-order valence-electron chi connectivity index (χ3n) is 4.23. The fourth-order valence-corrected chi connectivity index (χ4v) is 2.87. The predicted octanol–water partition coefficient (Wildman–Crippen LogP) is 3.81. The van der Waals surface area contributed by atoms with Gasteiger partial charge in [-0.1, -0.05) is 72.8 Å². The van der Waals surface area contributed by atoms with E-state index in [9.17, 15) is 14.0 Å². The number of hydrogen-bond acceptors (Lipinski definition) is 2. The van der Waals surface area contributed by atoms with Gasteiger partial charge in [-0.25, -0.2) is 4.39 Å². The molecule has 0 radical (unpaired) electrons. The minimum Gasteiger partial charge on any atom is -0.273 e. The van der Waals surface area contributed by atoms with Crippen LogP contribution in [-0.2, 0) is 4.79 Å². The quantitative estimate of drug-likeness (QED) is 0.678. The van der Waals surface area contributed by atoms with Gasteiger partial charge in [0.2, 0.25) is 5.91 Å². The van der Waals surface area contributed by atoms with Gasteiger partial charge in [0.05, 0.1) is 5.56 Å². The van der Waals surface area contributed by atoms with E-state index in [1.807, 2.05) is 60.7 Å². The van der Waals surface area contributed by atoms with Crippen LogP contribution in [0.15, 0.2) is 84.9 Å². The van der Waals surface area contributed by atoms with E-state index in [1.165, 1.54) is 18.2 Å². The molecule has 0 bridgehead atoms. The minimum atomic E-state index is -0.697. The van der Waals surface area contributed by atoms with Gasteiger partial charge in [0, 0.05) is 12.3 Å². The summed E-state index contributed by atoms with van der Waals surface area (Å²) in [6.45, 7) is 0. The maximum Gasteiger partial charge on any atom is 0.272 e. The van der Waals surface area contributed by atoms with E-state index in [-0.39, 0.29) is 23.8 Å². The van der Waals surface area contributed by atoms with E-state index in [0.717, 1.165) is 11.1 Å². The number of hydrogen-bond donors (Lipinski definition) is 2. The highest BCUT2D eigenvalue weighted by Crippen LogP contribution is 2.27. The van der Waals surface area contributed by atoms with E-state index in [2.05, 4.69) is 10.9 Å². The van der Waals surface area contributed by atoms with Crippen LogP contribution in [0.25, 0.3) is 0 Å². The summed E-state index contributed by atoms with van der Waals surface area (Å²) in [6, 6.07) is 25.0. The largest absolute Gasteiger partial charge is 0.273 e. The number of benzene rings is 3. The van der Waals surface area contributed by atoms with E-state index in [4.69, 9.17) is 0 Å². The molecule has 3 aromatic rings. The molecule has 0 aliphatic carbocycles. The van der Waals surface area contributed by atoms with Gasteiger partial charge in [-0.3, -0.25) is 20.4 Å². The van der Waals surface area contributed by atoms with Gasteiger partial charge >= 0.3 is 0 Å². The van der Waals surface area contributed by atoms with Crippen LogP contribution in [0, 0.1) is 5.82 Å². The van der Waals surface area contributed by atoms with Crippen molar-refractivity contribution in [3.63, 3.8) is 0 Å². The Hall–Kier alpha value is -3.47. The van der Waals surface area contributed by atoms with Crippen molar-refractivity contribution < 1.29 is 14.0 Å². The number of hydrazine groups is 1. The van der Waals surface area contributed by atoms with Gasteiger partial charge in [0.1, 0.15) is 5.82 Å². The molecular weight excluding hydrogens is 343 g/mol. The second-order valence-corrected chi connectivity index (χ2v) is 6.06. The summed E-state index contributed by atoms with van der Waals surface area (Å²) in [5.74, 6) is -1.86. The van der Waals surface area contributed by atoms with E-state index < -0.39 is 11.7 Å². The summed E-state index contributed by atoms with van der Waals surface area (Å²) in [7, 11) is 0. The Morgan fingerprint density at radius 1 is 0.741 bits per heavy atom. The first kappa shape index (κ1) is 18.3. The minimum absolute atomic E-state index is 0.125. The number of amides is 2. The molecule has 3 aromatic carbocycles. The van der Waals surface area contributed by atoms with Crippen molar-refractivity contribution in [1.82, 2.24) is 10.9 Å². The Kier molecular flexibility index (Phi) is 5.94. The van der Waals surface area contributed by atoms with Gasteiger partial charge < -0.3 is 0 Å². The molecule has 4 nitrogen and oxygen atoms in total. The van der Waals surface area contributed by atoms with Gasteiger partial charge in [-0.15, -0.1) is 0 Å². The number of nitrogens with one attached hydrogen (secondary N) is 2. The molecule has 0 atom stereocenters. The van der Waals surface area contributed by atoms with Gasteiger partial charge in [-0.05, 0) is 23.3 Å². The number of carbonyl (C=O) groups is 2. The predicted molar refractivity (Wildman–Crippen MR) is 101 cm³/mol. The molecule has 136 valence electrons. The molecule has 2 amide bonds. The van der Waals surface area contributed by atoms with Crippen LogP contribution in [0.3, 0.4) is 0 Å². The SMILES string of the molecule is O=C(CC(c1ccccc1)c1ccccc1)NNC(=O)c1ccccc1F. The summed E-state index contributed by atoms with van der Waals surface area (Å²) in [6.07, 6.45) is 0.144. The monoisotopic (exact) mass is 362 g/mol. The maximum atomic E-state index is 13.6. The highest BCUT2D eigenvalue weighted by molar-refractivity contribution is 5.95. The van der Waals surface area contributed by atoms with E-state index >= 15 is 0 Å². The normalized spacial score (nSPS) is 10.4. The van der Waals surface area contributed by atoms with Crippen molar-refractivity contribution in [3.05, 3.63) is 107 Å². The van der Waals surface area contributed by atoms with Gasteiger partial charge in [0.25, 0.3) is 5.91 Å². The smallest absolute Gasteiger partial charge is 0.272 e. The molecule has 0 spiro atoms.